The maximum Gasteiger partial charge on any atom is 0.271 e. The molecule has 2 heterocycles. The van der Waals surface area contributed by atoms with Crippen LogP contribution in [0.2, 0.25) is 0 Å². The van der Waals surface area contributed by atoms with Crippen molar-refractivity contribution in [1.29, 1.82) is 0 Å². The van der Waals surface area contributed by atoms with Gasteiger partial charge in [0.15, 0.2) is 11.5 Å². The number of hydrogen-bond acceptors (Lipinski definition) is 6. The van der Waals surface area contributed by atoms with Crippen molar-refractivity contribution in [1.82, 2.24) is 15.3 Å². The van der Waals surface area contributed by atoms with E-state index in [2.05, 4.69) is 39.7 Å². The molecular formula is C21H20N4O3. The van der Waals surface area contributed by atoms with Crippen molar-refractivity contribution in [2.75, 3.05) is 12.1 Å². The average Bonchev–Trinajstić information content (AvgIpc) is 3.20. The summed E-state index contributed by atoms with van der Waals surface area (Å²) in [4.78, 5) is 20.8. The molecule has 142 valence electrons. The van der Waals surface area contributed by atoms with E-state index in [1.165, 1.54) is 17.3 Å². The van der Waals surface area contributed by atoms with E-state index < -0.39 is 0 Å². The number of aromatic nitrogens is 2. The zero-order chi connectivity index (χ0) is 19.3. The molecule has 1 aliphatic rings. The first-order valence-electron chi connectivity index (χ1n) is 8.96. The molecule has 0 fully saturated rings. The van der Waals surface area contributed by atoms with Gasteiger partial charge in [0.25, 0.3) is 5.91 Å². The van der Waals surface area contributed by atoms with Gasteiger partial charge in [-0.15, -0.1) is 0 Å². The molecule has 0 unspecified atom stereocenters. The van der Waals surface area contributed by atoms with Gasteiger partial charge in [-0.2, -0.15) is 0 Å². The zero-order valence-corrected chi connectivity index (χ0v) is 15.4. The Hall–Kier alpha value is -3.61. The number of anilines is 1. The summed E-state index contributed by atoms with van der Waals surface area (Å²) in [5.41, 5.74) is 3.58. The number of ether oxygens (including phenoxy) is 2. The van der Waals surface area contributed by atoms with Crippen molar-refractivity contribution >= 4 is 11.7 Å². The van der Waals surface area contributed by atoms with Gasteiger partial charge >= 0.3 is 0 Å². The smallest absolute Gasteiger partial charge is 0.271 e. The summed E-state index contributed by atoms with van der Waals surface area (Å²) in [5, 5.41) is 6.05. The van der Waals surface area contributed by atoms with Crippen LogP contribution in [0.15, 0.2) is 54.9 Å². The van der Waals surface area contributed by atoms with Crippen LogP contribution >= 0.6 is 0 Å². The van der Waals surface area contributed by atoms with E-state index in [0.29, 0.717) is 24.7 Å². The number of nitrogens with one attached hydrogen (secondary N) is 2. The molecule has 7 heteroatoms. The highest BCUT2D eigenvalue weighted by Gasteiger charge is 2.14. The number of nitrogens with zero attached hydrogens (tertiary/aromatic N) is 2. The Bertz CT molecular complexity index is 989. The Kier molecular flexibility index (Phi) is 5.05. The van der Waals surface area contributed by atoms with Crippen LogP contribution in [-0.4, -0.2) is 22.7 Å². The van der Waals surface area contributed by atoms with E-state index in [1.807, 2.05) is 30.3 Å². The third-order valence-electron chi connectivity index (χ3n) is 4.50. The summed E-state index contributed by atoms with van der Waals surface area (Å²) in [6.07, 6.45) is 3.03. The number of carbonyl (C=O) groups excluding carboxylic acids is 1. The van der Waals surface area contributed by atoms with Crippen molar-refractivity contribution in [2.45, 2.75) is 20.0 Å². The summed E-state index contributed by atoms with van der Waals surface area (Å²) in [5.74, 6) is 1.75. The maximum absolute atomic E-state index is 12.3. The van der Waals surface area contributed by atoms with E-state index in [-0.39, 0.29) is 18.4 Å². The molecule has 2 aromatic carbocycles. The monoisotopic (exact) mass is 376 g/mol. The van der Waals surface area contributed by atoms with Gasteiger partial charge in [0.05, 0.1) is 12.4 Å². The highest BCUT2D eigenvalue weighted by molar-refractivity contribution is 5.91. The third kappa shape index (κ3) is 4.03. The van der Waals surface area contributed by atoms with Crippen molar-refractivity contribution in [3.05, 3.63) is 77.2 Å². The SMILES string of the molecule is Cc1ccccc1CNc1cnc(C(=O)NCc2ccc3c(c2)OCO3)cn1. The van der Waals surface area contributed by atoms with Gasteiger partial charge in [-0.25, -0.2) is 9.97 Å². The number of benzene rings is 2. The second-order valence-electron chi connectivity index (χ2n) is 6.44. The lowest BCUT2D eigenvalue weighted by molar-refractivity contribution is 0.0945. The lowest BCUT2D eigenvalue weighted by Crippen LogP contribution is -2.24. The van der Waals surface area contributed by atoms with Crippen molar-refractivity contribution < 1.29 is 14.3 Å². The molecule has 3 aromatic rings. The quantitative estimate of drug-likeness (QED) is 0.688. The first kappa shape index (κ1) is 17.8. The molecule has 0 saturated heterocycles. The Morgan fingerprint density at radius 2 is 1.89 bits per heavy atom. The van der Waals surface area contributed by atoms with Gasteiger partial charge in [-0.05, 0) is 35.7 Å². The van der Waals surface area contributed by atoms with E-state index in [4.69, 9.17) is 9.47 Å². The van der Waals surface area contributed by atoms with Gasteiger partial charge in [-0.1, -0.05) is 30.3 Å². The number of aryl methyl sites for hydroxylation is 1. The van der Waals surface area contributed by atoms with Crippen molar-refractivity contribution in [3.63, 3.8) is 0 Å². The Morgan fingerprint density at radius 3 is 2.71 bits per heavy atom. The third-order valence-corrected chi connectivity index (χ3v) is 4.50. The standard InChI is InChI=1S/C21H20N4O3/c1-14-4-2-3-5-16(14)10-23-20-12-22-17(11-24-20)21(26)25-9-15-6-7-18-19(8-15)28-13-27-18/h2-8,11-12H,9-10,13H2,1H3,(H,23,24)(H,25,26). The van der Waals surface area contributed by atoms with Gasteiger partial charge in [0.2, 0.25) is 6.79 Å². The molecule has 28 heavy (non-hydrogen) atoms. The molecule has 4 rings (SSSR count). The fourth-order valence-corrected chi connectivity index (χ4v) is 2.85. The van der Waals surface area contributed by atoms with E-state index >= 15 is 0 Å². The molecule has 1 aliphatic heterocycles. The van der Waals surface area contributed by atoms with Crippen LogP contribution in [0.5, 0.6) is 11.5 Å². The molecular weight excluding hydrogens is 356 g/mol. The summed E-state index contributed by atoms with van der Waals surface area (Å²) in [6, 6.07) is 13.7. The average molecular weight is 376 g/mol. The summed E-state index contributed by atoms with van der Waals surface area (Å²) >= 11 is 0. The Morgan fingerprint density at radius 1 is 1.04 bits per heavy atom. The summed E-state index contributed by atoms with van der Waals surface area (Å²) in [6.45, 7) is 3.31. The fourth-order valence-electron chi connectivity index (χ4n) is 2.85. The van der Waals surface area contributed by atoms with Crippen LogP contribution < -0.4 is 20.1 Å². The molecule has 0 spiro atoms. The number of carbonyl (C=O) groups is 1. The second kappa shape index (κ2) is 7.96. The number of rotatable bonds is 6. The molecule has 2 N–H and O–H groups in total. The minimum absolute atomic E-state index is 0.227. The Balaban J connectivity index is 1.32. The molecule has 0 aliphatic carbocycles. The first-order valence-corrected chi connectivity index (χ1v) is 8.96. The van der Waals surface area contributed by atoms with E-state index in [1.54, 1.807) is 6.20 Å². The van der Waals surface area contributed by atoms with E-state index in [9.17, 15) is 4.79 Å². The maximum atomic E-state index is 12.3. The van der Waals surface area contributed by atoms with Crippen molar-refractivity contribution in [3.8, 4) is 11.5 Å². The Labute approximate surface area is 162 Å². The van der Waals surface area contributed by atoms with Gasteiger partial charge in [-0.3, -0.25) is 4.79 Å². The predicted octanol–water partition coefficient (Wildman–Crippen LogP) is 3.06. The predicted molar refractivity (Wildman–Crippen MR) is 104 cm³/mol. The minimum Gasteiger partial charge on any atom is -0.454 e. The van der Waals surface area contributed by atoms with Gasteiger partial charge in [0, 0.05) is 13.1 Å². The fraction of sp³-hybridized carbons (Fsp3) is 0.190. The molecule has 0 atom stereocenters. The largest absolute Gasteiger partial charge is 0.454 e. The lowest BCUT2D eigenvalue weighted by Gasteiger charge is -2.09. The van der Waals surface area contributed by atoms with Gasteiger partial charge in [0.1, 0.15) is 11.5 Å². The second-order valence-corrected chi connectivity index (χ2v) is 6.44. The number of fused-ring (bicyclic) bond motifs is 1. The van der Waals surface area contributed by atoms with Crippen LogP contribution in [0.25, 0.3) is 0 Å². The zero-order valence-electron chi connectivity index (χ0n) is 15.4. The topological polar surface area (TPSA) is 85.4 Å². The molecule has 7 nitrogen and oxygen atoms in total. The van der Waals surface area contributed by atoms with E-state index in [0.717, 1.165) is 11.3 Å². The first-order chi connectivity index (χ1) is 13.7. The molecule has 1 aromatic heterocycles. The minimum atomic E-state index is -0.282. The highest BCUT2D eigenvalue weighted by Crippen LogP contribution is 2.32. The van der Waals surface area contributed by atoms with Crippen LogP contribution in [0.3, 0.4) is 0 Å². The number of amides is 1. The number of hydrogen-bond donors (Lipinski definition) is 2. The molecule has 0 bridgehead atoms. The summed E-state index contributed by atoms with van der Waals surface area (Å²) < 4.78 is 10.6. The van der Waals surface area contributed by atoms with Crippen LogP contribution in [0.4, 0.5) is 5.82 Å². The van der Waals surface area contributed by atoms with Crippen LogP contribution in [-0.2, 0) is 13.1 Å². The van der Waals surface area contributed by atoms with Gasteiger partial charge < -0.3 is 20.1 Å². The van der Waals surface area contributed by atoms with Crippen LogP contribution in [0.1, 0.15) is 27.2 Å². The lowest BCUT2D eigenvalue weighted by atomic mass is 10.1. The highest BCUT2D eigenvalue weighted by atomic mass is 16.7. The molecule has 0 radical (unpaired) electrons. The molecule has 0 saturated carbocycles. The van der Waals surface area contributed by atoms with Crippen molar-refractivity contribution in [2.24, 2.45) is 0 Å². The normalized spacial score (nSPS) is 11.9. The van der Waals surface area contributed by atoms with Crippen LogP contribution in [0, 0.1) is 6.92 Å². The molecule has 1 amide bonds. The summed E-state index contributed by atoms with van der Waals surface area (Å²) in [7, 11) is 0.